The molecule has 1 unspecified atom stereocenters. The zero-order valence-electron chi connectivity index (χ0n) is 13.7. The summed E-state index contributed by atoms with van der Waals surface area (Å²) in [5.41, 5.74) is -0.779. The van der Waals surface area contributed by atoms with Crippen molar-refractivity contribution in [2.45, 2.75) is 37.9 Å². The number of nitrogens with zero attached hydrogens (tertiary/aromatic N) is 4. The number of halogens is 3. The van der Waals surface area contributed by atoms with E-state index >= 15 is 0 Å². The zero-order chi connectivity index (χ0) is 18.0. The number of carbonyl (C=O) groups is 1. The summed E-state index contributed by atoms with van der Waals surface area (Å²) < 4.78 is 39.7. The van der Waals surface area contributed by atoms with E-state index in [2.05, 4.69) is 4.98 Å². The summed E-state index contributed by atoms with van der Waals surface area (Å²) in [7, 11) is 0. The van der Waals surface area contributed by atoms with E-state index in [1.807, 2.05) is 6.07 Å². The average molecular weight is 352 g/mol. The minimum absolute atomic E-state index is 0.0391. The van der Waals surface area contributed by atoms with Crippen LogP contribution in [0.3, 0.4) is 0 Å². The van der Waals surface area contributed by atoms with Crippen LogP contribution in [0.15, 0.2) is 18.3 Å². The van der Waals surface area contributed by atoms with Crippen LogP contribution in [0.2, 0.25) is 0 Å². The fourth-order valence-corrected chi connectivity index (χ4v) is 3.33. The minimum atomic E-state index is -4.48. The molecule has 3 rings (SSSR count). The van der Waals surface area contributed by atoms with Crippen molar-refractivity contribution in [2.75, 3.05) is 24.5 Å². The molecule has 1 amide bonds. The van der Waals surface area contributed by atoms with E-state index in [4.69, 9.17) is 5.26 Å². The molecule has 0 radical (unpaired) electrons. The van der Waals surface area contributed by atoms with Crippen LogP contribution >= 0.6 is 0 Å². The molecule has 1 saturated carbocycles. The van der Waals surface area contributed by atoms with Crippen molar-refractivity contribution in [1.29, 1.82) is 5.26 Å². The van der Waals surface area contributed by atoms with Crippen molar-refractivity contribution >= 4 is 11.7 Å². The van der Waals surface area contributed by atoms with Gasteiger partial charge >= 0.3 is 6.18 Å². The summed E-state index contributed by atoms with van der Waals surface area (Å²) in [5, 5.41) is 8.93. The summed E-state index contributed by atoms with van der Waals surface area (Å²) in [5.74, 6) is -0.644. The predicted octanol–water partition coefficient (Wildman–Crippen LogP) is 2.83. The van der Waals surface area contributed by atoms with Crippen molar-refractivity contribution in [1.82, 2.24) is 9.88 Å². The summed E-state index contributed by atoms with van der Waals surface area (Å²) in [4.78, 5) is 19.8. The van der Waals surface area contributed by atoms with Gasteiger partial charge in [-0.3, -0.25) is 4.79 Å². The van der Waals surface area contributed by atoms with Crippen LogP contribution in [0.25, 0.3) is 0 Å². The van der Waals surface area contributed by atoms with Crippen molar-refractivity contribution in [3.63, 3.8) is 0 Å². The van der Waals surface area contributed by atoms with Gasteiger partial charge in [0.2, 0.25) is 5.91 Å². The molecule has 2 heterocycles. The number of carbonyl (C=O) groups excluding carboxylic acids is 1. The summed E-state index contributed by atoms with van der Waals surface area (Å²) in [6.07, 6.45) is -0.123. The van der Waals surface area contributed by atoms with Crippen LogP contribution in [0.1, 0.15) is 31.2 Å². The molecule has 1 aliphatic heterocycles. The molecule has 2 aliphatic rings. The van der Waals surface area contributed by atoms with Gasteiger partial charge in [0.25, 0.3) is 0 Å². The maximum absolute atomic E-state index is 13.2. The number of amides is 1. The lowest BCUT2D eigenvalue weighted by molar-refractivity contribution is -0.137. The number of pyridine rings is 1. The number of hydrogen-bond donors (Lipinski definition) is 0. The van der Waals surface area contributed by atoms with Gasteiger partial charge in [-0.25, -0.2) is 4.98 Å². The number of piperidine rings is 1. The first-order valence-corrected chi connectivity index (χ1v) is 8.36. The molecule has 0 aromatic carbocycles. The van der Waals surface area contributed by atoms with Crippen molar-refractivity contribution in [3.05, 3.63) is 23.9 Å². The molecule has 25 heavy (non-hydrogen) atoms. The molecule has 2 fully saturated rings. The summed E-state index contributed by atoms with van der Waals surface area (Å²) in [6.45, 7) is 0.677. The Kier molecular flexibility index (Phi) is 4.84. The molecule has 5 nitrogen and oxygen atoms in total. The fraction of sp³-hybridized carbons (Fsp3) is 0.588. The second-order valence-corrected chi connectivity index (χ2v) is 6.51. The van der Waals surface area contributed by atoms with Crippen LogP contribution in [0.4, 0.5) is 19.0 Å². The lowest BCUT2D eigenvalue weighted by Crippen LogP contribution is -2.46. The molecule has 1 aromatic rings. The van der Waals surface area contributed by atoms with Crippen molar-refractivity contribution in [3.8, 4) is 6.07 Å². The molecule has 1 aromatic heterocycles. The average Bonchev–Trinajstić information content (AvgIpc) is 3.43. The molecular formula is C17H19F3N4O. The molecule has 8 heteroatoms. The predicted molar refractivity (Wildman–Crippen MR) is 84.5 cm³/mol. The Labute approximate surface area is 144 Å². The molecule has 0 bridgehead atoms. The molecule has 1 saturated heterocycles. The third-order valence-electron chi connectivity index (χ3n) is 4.67. The normalized spacial score (nSPS) is 20.9. The Hall–Kier alpha value is -2.30. The van der Waals surface area contributed by atoms with E-state index in [9.17, 15) is 18.0 Å². The lowest BCUT2D eigenvalue weighted by atomic mass is 9.96. The van der Waals surface area contributed by atoms with Crippen LogP contribution in [0, 0.1) is 17.2 Å². The van der Waals surface area contributed by atoms with E-state index in [1.54, 1.807) is 9.80 Å². The number of hydrogen-bond acceptors (Lipinski definition) is 4. The van der Waals surface area contributed by atoms with Crippen molar-refractivity contribution < 1.29 is 18.0 Å². The Morgan fingerprint density at radius 1 is 1.40 bits per heavy atom. The van der Waals surface area contributed by atoms with Gasteiger partial charge in [-0.05, 0) is 37.8 Å². The second-order valence-electron chi connectivity index (χ2n) is 6.51. The van der Waals surface area contributed by atoms with E-state index in [0.717, 1.165) is 18.9 Å². The highest BCUT2D eigenvalue weighted by molar-refractivity contribution is 5.80. The van der Waals surface area contributed by atoms with E-state index in [1.165, 1.54) is 12.3 Å². The van der Waals surface area contributed by atoms with Crippen LogP contribution in [0.5, 0.6) is 0 Å². The van der Waals surface area contributed by atoms with Gasteiger partial charge in [0, 0.05) is 25.3 Å². The fourth-order valence-electron chi connectivity index (χ4n) is 3.33. The molecule has 0 spiro atoms. The quantitative estimate of drug-likeness (QED) is 0.782. The van der Waals surface area contributed by atoms with Crippen LogP contribution in [-0.4, -0.2) is 41.5 Å². The monoisotopic (exact) mass is 352 g/mol. The molecule has 1 atom stereocenters. The van der Waals surface area contributed by atoms with Gasteiger partial charge < -0.3 is 9.80 Å². The molecule has 0 N–H and O–H groups in total. The molecule has 1 aliphatic carbocycles. The van der Waals surface area contributed by atoms with Crippen LogP contribution in [-0.2, 0) is 11.0 Å². The van der Waals surface area contributed by atoms with E-state index in [-0.39, 0.29) is 30.9 Å². The second kappa shape index (κ2) is 6.90. The Morgan fingerprint density at radius 2 is 2.16 bits per heavy atom. The van der Waals surface area contributed by atoms with Crippen LogP contribution < -0.4 is 4.90 Å². The first-order chi connectivity index (χ1) is 11.9. The van der Waals surface area contributed by atoms with E-state index < -0.39 is 17.7 Å². The Bertz CT molecular complexity index is 681. The Balaban J connectivity index is 1.78. The van der Waals surface area contributed by atoms with Gasteiger partial charge in [-0.2, -0.15) is 18.4 Å². The van der Waals surface area contributed by atoms with Gasteiger partial charge in [0.1, 0.15) is 12.4 Å². The summed E-state index contributed by atoms with van der Waals surface area (Å²) >= 11 is 0. The number of alkyl halides is 3. The van der Waals surface area contributed by atoms with Gasteiger partial charge in [0.15, 0.2) is 0 Å². The van der Waals surface area contributed by atoms with Gasteiger partial charge in [-0.15, -0.1) is 0 Å². The highest BCUT2D eigenvalue weighted by Crippen LogP contribution is 2.37. The SMILES string of the molecule is N#CCN(C(=O)C1CCCN(c2ncccc2C(F)(F)F)C1)C1CC1. The van der Waals surface area contributed by atoms with E-state index in [0.29, 0.717) is 19.4 Å². The summed E-state index contributed by atoms with van der Waals surface area (Å²) in [6, 6.07) is 4.40. The number of aromatic nitrogens is 1. The van der Waals surface area contributed by atoms with Gasteiger partial charge in [0.05, 0.1) is 17.6 Å². The highest BCUT2D eigenvalue weighted by atomic mass is 19.4. The lowest BCUT2D eigenvalue weighted by Gasteiger charge is -2.36. The molecular weight excluding hydrogens is 333 g/mol. The topological polar surface area (TPSA) is 60.2 Å². The minimum Gasteiger partial charge on any atom is -0.355 e. The smallest absolute Gasteiger partial charge is 0.355 e. The highest BCUT2D eigenvalue weighted by Gasteiger charge is 2.40. The van der Waals surface area contributed by atoms with Gasteiger partial charge in [-0.1, -0.05) is 0 Å². The number of anilines is 1. The molecule has 134 valence electrons. The first kappa shape index (κ1) is 17.5. The largest absolute Gasteiger partial charge is 0.419 e. The number of rotatable bonds is 4. The third kappa shape index (κ3) is 3.86. The maximum atomic E-state index is 13.2. The first-order valence-electron chi connectivity index (χ1n) is 8.36. The standard InChI is InChI=1S/C17H19F3N4O/c18-17(19,20)14-4-1-8-22-15(14)23-9-2-3-12(11-23)16(25)24(10-7-21)13-5-6-13/h1,4,8,12-13H,2-3,5-6,9-11H2. The zero-order valence-corrected chi connectivity index (χ0v) is 13.7. The maximum Gasteiger partial charge on any atom is 0.419 e. The van der Waals surface area contributed by atoms with Crippen molar-refractivity contribution in [2.24, 2.45) is 5.92 Å². The third-order valence-corrected chi connectivity index (χ3v) is 4.67. The Morgan fingerprint density at radius 3 is 2.80 bits per heavy atom. The number of nitriles is 1.